The topological polar surface area (TPSA) is 72.5 Å². The van der Waals surface area contributed by atoms with E-state index in [2.05, 4.69) is 24.9 Å². The van der Waals surface area contributed by atoms with Crippen LogP contribution >= 0.6 is 12.6 Å². The minimum Gasteiger partial charge on any atom is -0.430 e. The lowest BCUT2D eigenvalue weighted by Crippen LogP contribution is -2.42. The van der Waals surface area contributed by atoms with Crippen LogP contribution in [0.3, 0.4) is 0 Å². The van der Waals surface area contributed by atoms with E-state index in [1.165, 1.54) is 6.92 Å². The Balaban J connectivity index is 4.56. The summed E-state index contributed by atoms with van der Waals surface area (Å²) in [4.78, 5) is 33.3. The summed E-state index contributed by atoms with van der Waals surface area (Å²) in [5, 5.41) is 2.47. The summed E-state index contributed by atoms with van der Waals surface area (Å²) in [5.41, 5.74) is 0. The summed E-state index contributed by atoms with van der Waals surface area (Å²) >= 11 is 4.02. The van der Waals surface area contributed by atoms with Crippen LogP contribution < -0.4 is 5.32 Å². The second-order valence-corrected chi connectivity index (χ2v) is 4.75. The van der Waals surface area contributed by atoms with Crippen molar-refractivity contribution in [2.24, 2.45) is 0 Å². The first-order chi connectivity index (χ1) is 9.54. The molecule has 1 amide bonds. The number of unbranched alkanes of at least 4 members (excludes halogenated alkanes) is 2. The number of amides is 1. The number of aldehydes is 1. The molecular formula is C14H23NO4S. The maximum absolute atomic E-state index is 11.9. The van der Waals surface area contributed by atoms with Crippen LogP contribution in [0.2, 0.25) is 0 Å². The standard InChI is InChI=1S/C14H23NO4S/c1-3-4-5-7-12(8-6-9-16)19-14(18)13(10-20)15-11(2)17/h8-9,13,20H,3-7,10H2,1-2H3,(H,15,17)/t13-/m0/s1. The van der Waals surface area contributed by atoms with Gasteiger partial charge in [-0.05, 0) is 12.5 Å². The number of ether oxygens (including phenoxy) is 1. The molecule has 114 valence electrons. The Hall–Kier alpha value is -1.30. The van der Waals surface area contributed by atoms with Crippen LogP contribution in [0.25, 0.3) is 0 Å². The second kappa shape index (κ2) is 11.5. The Morgan fingerprint density at radius 3 is 2.55 bits per heavy atom. The Morgan fingerprint density at radius 1 is 1.35 bits per heavy atom. The van der Waals surface area contributed by atoms with Crippen molar-refractivity contribution in [3.63, 3.8) is 0 Å². The quantitative estimate of drug-likeness (QED) is 0.213. The highest BCUT2D eigenvalue weighted by molar-refractivity contribution is 7.80. The van der Waals surface area contributed by atoms with Crippen molar-refractivity contribution in [2.75, 3.05) is 5.75 Å². The molecule has 0 spiro atoms. The van der Waals surface area contributed by atoms with Crippen molar-refractivity contribution in [3.8, 4) is 0 Å². The van der Waals surface area contributed by atoms with E-state index in [4.69, 9.17) is 4.74 Å². The van der Waals surface area contributed by atoms with Crippen molar-refractivity contribution in [3.05, 3.63) is 11.8 Å². The summed E-state index contributed by atoms with van der Waals surface area (Å²) in [6.45, 7) is 3.41. The molecule has 0 rings (SSSR count). The van der Waals surface area contributed by atoms with Gasteiger partial charge in [-0.15, -0.1) is 0 Å². The minimum atomic E-state index is -0.776. The molecule has 0 saturated heterocycles. The predicted octanol–water partition coefficient (Wildman–Crippen LogP) is 2.02. The third-order valence-corrected chi connectivity index (χ3v) is 2.91. The van der Waals surface area contributed by atoms with Gasteiger partial charge in [-0.25, -0.2) is 4.79 Å². The van der Waals surface area contributed by atoms with Gasteiger partial charge < -0.3 is 14.8 Å². The van der Waals surface area contributed by atoms with Crippen molar-refractivity contribution in [2.45, 2.75) is 52.0 Å². The monoisotopic (exact) mass is 301 g/mol. The van der Waals surface area contributed by atoms with E-state index < -0.39 is 12.0 Å². The van der Waals surface area contributed by atoms with Gasteiger partial charge in [0.15, 0.2) is 0 Å². The molecule has 0 fully saturated rings. The van der Waals surface area contributed by atoms with Crippen LogP contribution in [0.4, 0.5) is 0 Å². The number of hydrogen-bond donors (Lipinski definition) is 2. The molecule has 20 heavy (non-hydrogen) atoms. The maximum atomic E-state index is 11.9. The fraction of sp³-hybridized carbons (Fsp3) is 0.643. The summed E-state index contributed by atoms with van der Waals surface area (Å²) in [7, 11) is 0. The van der Waals surface area contributed by atoms with Crippen LogP contribution in [-0.4, -0.2) is 30.0 Å². The fourth-order valence-electron chi connectivity index (χ4n) is 1.55. The molecule has 0 heterocycles. The third-order valence-electron chi connectivity index (χ3n) is 2.54. The summed E-state index contributed by atoms with van der Waals surface area (Å²) in [5.74, 6) is -0.226. The predicted molar refractivity (Wildman–Crippen MR) is 80.5 cm³/mol. The average molecular weight is 301 g/mol. The summed E-state index contributed by atoms with van der Waals surface area (Å²) in [6.07, 6.45) is 6.13. The van der Waals surface area contributed by atoms with E-state index in [1.807, 2.05) is 0 Å². The minimum absolute atomic E-state index is 0.161. The smallest absolute Gasteiger partial charge is 0.334 e. The highest BCUT2D eigenvalue weighted by Gasteiger charge is 2.20. The van der Waals surface area contributed by atoms with Crippen molar-refractivity contribution >= 4 is 30.8 Å². The molecule has 0 saturated carbocycles. The summed E-state index contributed by atoms with van der Waals surface area (Å²) < 4.78 is 5.25. The van der Waals surface area contributed by atoms with Crippen LogP contribution in [0, 0.1) is 0 Å². The van der Waals surface area contributed by atoms with Crippen molar-refractivity contribution in [1.82, 2.24) is 5.32 Å². The van der Waals surface area contributed by atoms with Crippen LogP contribution in [0.1, 0.15) is 46.0 Å². The van der Waals surface area contributed by atoms with Gasteiger partial charge >= 0.3 is 5.97 Å². The van der Waals surface area contributed by atoms with Crippen LogP contribution in [0.5, 0.6) is 0 Å². The Morgan fingerprint density at radius 2 is 2.05 bits per heavy atom. The number of carbonyl (C=O) groups is 3. The van der Waals surface area contributed by atoms with Gasteiger partial charge in [0.1, 0.15) is 18.1 Å². The fourth-order valence-corrected chi connectivity index (χ4v) is 1.79. The zero-order valence-corrected chi connectivity index (χ0v) is 12.9. The van der Waals surface area contributed by atoms with E-state index in [9.17, 15) is 14.4 Å². The van der Waals surface area contributed by atoms with Crippen LogP contribution in [0.15, 0.2) is 11.8 Å². The molecule has 0 radical (unpaired) electrons. The maximum Gasteiger partial charge on any atom is 0.334 e. The zero-order chi connectivity index (χ0) is 15.4. The molecular weight excluding hydrogens is 278 g/mol. The Kier molecular flexibility index (Phi) is 10.8. The lowest BCUT2D eigenvalue weighted by molar-refractivity contribution is -0.143. The number of thiol groups is 1. The van der Waals surface area contributed by atoms with Crippen molar-refractivity contribution < 1.29 is 19.1 Å². The van der Waals surface area contributed by atoms with Gasteiger partial charge in [0.05, 0.1) is 0 Å². The normalized spacial score (nSPS) is 12.7. The molecule has 5 nitrogen and oxygen atoms in total. The first-order valence-electron chi connectivity index (χ1n) is 6.77. The van der Waals surface area contributed by atoms with E-state index in [0.29, 0.717) is 12.2 Å². The first-order valence-corrected chi connectivity index (χ1v) is 7.40. The van der Waals surface area contributed by atoms with Gasteiger partial charge in [-0.3, -0.25) is 4.79 Å². The SMILES string of the molecule is CCCCCC(=CCC=O)OC(=O)[C@H](CS)NC(C)=O. The Labute approximate surface area is 125 Å². The number of allylic oxidation sites excluding steroid dienone is 2. The van der Waals surface area contributed by atoms with Gasteiger partial charge in [0.2, 0.25) is 5.91 Å². The summed E-state index contributed by atoms with van der Waals surface area (Å²) in [6, 6.07) is -0.776. The molecule has 1 N–H and O–H groups in total. The van der Waals surface area contributed by atoms with Crippen molar-refractivity contribution in [1.29, 1.82) is 0 Å². The Bertz CT molecular complexity index is 355. The molecule has 0 aliphatic rings. The molecule has 0 aliphatic carbocycles. The second-order valence-electron chi connectivity index (χ2n) is 4.39. The number of carbonyl (C=O) groups excluding carboxylic acids is 3. The first kappa shape index (κ1) is 18.7. The van der Waals surface area contributed by atoms with Gasteiger partial charge in [0, 0.05) is 25.5 Å². The van der Waals surface area contributed by atoms with E-state index >= 15 is 0 Å². The lowest BCUT2D eigenvalue weighted by Gasteiger charge is -2.16. The number of hydrogen-bond acceptors (Lipinski definition) is 5. The number of rotatable bonds is 10. The largest absolute Gasteiger partial charge is 0.430 e. The number of nitrogens with one attached hydrogen (secondary N) is 1. The third kappa shape index (κ3) is 8.74. The van der Waals surface area contributed by atoms with Gasteiger partial charge in [-0.1, -0.05) is 19.8 Å². The van der Waals surface area contributed by atoms with Gasteiger partial charge in [0.25, 0.3) is 0 Å². The molecule has 0 bridgehead atoms. The molecule has 6 heteroatoms. The van der Waals surface area contributed by atoms with E-state index in [1.54, 1.807) is 6.08 Å². The molecule has 0 aromatic heterocycles. The lowest BCUT2D eigenvalue weighted by atomic mass is 10.1. The van der Waals surface area contributed by atoms with Gasteiger partial charge in [-0.2, -0.15) is 12.6 Å². The average Bonchev–Trinajstić information content (AvgIpc) is 2.41. The molecule has 1 atom stereocenters. The number of esters is 1. The van der Waals surface area contributed by atoms with E-state index in [-0.39, 0.29) is 18.1 Å². The molecule has 0 aromatic rings. The highest BCUT2D eigenvalue weighted by Crippen LogP contribution is 2.12. The van der Waals surface area contributed by atoms with Crippen LogP contribution in [-0.2, 0) is 19.1 Å². The molecule has 0 unspecified atom stereocenters. The molecule has 0 aromatic carbocycles. The van der Waals surface area contributed by atoms with E-state index in [0.717, 1.165) is 25.5 Å². The highest BCUT2D eigenvalue weighted by atomic mass is 32.1. The molecule has 0 aliphatic heterocycles. The zero-order valence-electron chi connectivity index (χ0n) is 12.1.